The van der Waals surface area contributed by atoms with E-state index in [-0.39, 0.29) is 5.91 Å². The number of hydrogen-bond acceptors (Lipinski definition) is 3. The van der Waals surface area contributed by atoms with Crippen molar-refractivity contribution in [2.24, 2.45) is 5.92 Å². The molecular weight excluding hydrogens is 240 g/mol. The fourth-order valence-electron chi connectivity index (χ4n) is 2.32. The molecule has 1 saturated heterocycles. The minimum Gasteiger partial charge on any atom is -0.368 e. The Morgan fingerprint density at radius 3 is 3.21 bits per heavy atom. The number of carbonyl (C=O) groups excluding carboxylic acids is 1. The zero-order valence-corrected chi connectivity index (χ0v) is 10.9. The molecule has 1 amide bonds. The summed E-state index contributed by atoms with van der Waals surface area (Å²) in [6, 6.07) is 5.39. The van der Waals surface area contributed by atoms with Crippen LogP contribution in [0.2, 0.25) is 0 Å². The number of carbonyl (C=O) groups is 1. The summed E-state index contributed by atoms with van der Waals surface area (Å²) in [6.07, 6.45) is 8.87. The van der Waals surface area contributed by atoms with Crippen LogP contribution in [0.25, 0.3) is 0 Å². The summed E-state index contributed by atoms with van der Waals surface area (Å²) in [5.74, 6) is 2.83. The number of terminal acetylenes is 1. The fourth-order valence-corrected chi connectivity index (χ4v) is 2.32. The molecular formula is C15H18N2O2. The molecule has 1 aromatic rings. The minimum absolute atomic E-state index is 0.00208. The Balaban J connectivity index is 1.90. The van der Waals surface area contributed by atoms with Crippen molar-refractivity contribution in [1.29, 1.82) is 0 Å². The third kappa shape index (κ3) is 3.80. The smallest absolute Gasteiger partial charge is 0.272 e. The molecule has 1 atom stereocenters. The number of hydrogen-bond donors (Lipinski definition) is 0. The van der Waals surface area contributed by atoms with Crippen molar-refractivity contribution >= 4 is 5.91 Å². The van der Waals surface area contributed by atoms with E-state index in [4.69, 9.17) is 11.2 Å². The Labute approximate surface area is 113 Å². The van der Waals surface area contributed by atoms with Crippen LogP contribution in [-0.4, -0.2) is 42.1 Å². The van der Waals surface area contributed by atoms with Gasteiger partial charge in [-0.3, -0.25) is 9.78 Å². The van der Waals surface area contributed by atoms with Gasteiger partial charge in [0.15, 0.2) is 0 Å². The molecule has 1 aromatic heterocycles. The lowest BCUT2D eigenvalue weighted by atomic mass is 9.98. The summed E-state index contributed by atoms with van der Waals surface area (Å²) in [4.78, 5) is 18.2. The molecule has 2 rings (SSSR count). The lowest BCUT2D eigenvalue weighted by Gasteiger charge is -2.32. The maximum absolute atomic E-state index is 12.3. The summed E-state index contributed by atoms with van der Waals surface area (Å²) in [7, 11) is 0. The van der Waals surface area contributed by atoms with Crippen molar-refractivity contribution in [3.63, 3.8) is 0 Å². The SMILES string of the molecule is C#CCOCC1CCCN(C(=O)c2ccccn2)C1. The molecule has 100 valence electrons. The summed E-state index contributed by atoms with van der Waals surface area (Å²) in [6.45, 7) is 2.47. The van der Waals surface area contributed by atoms with Crippen LogP contribution in [0, 0.1) is 18.3 Å². The Hall–Kier alpha value is -1.86. The molecule has 0 aliphatic carbocycles. The average molecular weight is 258 g/mol. The first-order valence-corrected chi connectivity index (χ1v) is 6.52. The van der Waals surface area contributed by atoms with E-state index >= 15 is 0 Å². The van der Waals surface area contributed by atoms with Gasteiger partial charge in [-0.25, -0.2) is 0 Å². The number of amides is 1. The molecule has 19 heavy (non-hydrogen) atoms. The van der Waals surface area contributed by atoms with Gasteiger partial charge >= 0.3 is 0 Å². The van der Waals surface area contributed by atoms with Gasteiger partial charge in [-0.05, 0) is 25.0 Å². The van der Waals surface area contributed by atoms with Crippen LogP contribution in [0.3, 0.4) is 0 Å². The standard InChI is InChI=1S/C15H18N2O2/c1-2-10-19-12-13-6-5-9-17(11-13)15(18)14-7-3-4-8-16-14/h1,3-4,7-8,13H,5-6,9-12H2. The maximum atomic E-state index is 12.3. The lowest BCUT2D eigenvalue weighted by Crippen LogP contribution is -2.41. The number of aromatic nitrogens is 1. The highest BCUT2D eigenvalue weighted by molar-refractivity contribution is 5.92. The largest absolute Gasteiger partial charge is 0.368 e. The number of ether oxygens (including phenoxy) is 1. The van der Waals surface area contributed by atoms with Crippen LogP contribution >= 0.6 is 0 Å². The van der Waals surface area contributed by atoms with E-state index < -0.39 is 0 Å². The monoisotopic (exact) mass is 258 g/mol. The first-order valence-electron chi connectivity index (χ1n) is 6.52. The average Bonchev–Trinajstić information content (AvgIpc) is 2.48. The molecule has 0 spiro atoms. The number of likely N-dealkylation sites (tertiary alicyclic amines) is 1. The van der Waals surface area contributed by atoms with E-state index in [1.807, 2.05) is 17.0 Å². The van der Waals surface area contributed by atoms with Crippen molar-refractivity contribution < 1.29 is 9.53 Å². The van der Waals surface area contributed by atoms with Gasteiger partial charge in [0.1, 0.15) is 12.3 Å². The van der Waals surface area contributed by atoms with Gasteiger partial charge in [-0.15, -0.1) is 6.42 Å². The Kier molecular flexibility index (Phi) is 4.93. The highest BCUT2D eigenvalue weighted by Crippen LogP contribution is 2.18. The molecule has 0 bridgehead atoms. The Morgan fingerprint density at radius 2 is 2.47 bits per heavy atom. The van der Waals surface area contributed by atoms with E-state index in [1.54, 1.807) is 12.3 Å². The fraction of sp³-hybridized carbons (Fsp3) is 0.467. The lowest BCUT2D eigenvalue weighted by molar-refractivity contribution is 0.0529. The molecule has 1 unspecified atom stereocenters. The summed E-state index contributed by atoms with van der Waals surface area (Å²) >= 11 is 0. The molecule has 1 aliphatic rings. The second-order valence-corrected chi connectivity index (χ2v) is 4.69. The predicted octanol–water partition coefficient (Wildman–Crippen LogP) is 1.58. The second-order valence-electron chi connectivity index (χ2n) is 4.69. The molecule has 0 radical (unpaired) electrons. The van der Waals surface area contributed by atoms with Crippen molar-refractivity contribution in [1.82, 2.24) is 9.88 Å². The molecule has 4 heteroatoms. The summed E-state index contributed by atoms with van der Waals surface area (Å²) in [5, 5.41) is 0. The topological polar surface area (TPSA) is 42.4 Å². The van der Waals surface area contributed by atoms with Crippen LogP contribution in [0.5, 0.6) is 0 Å². The highest BCUT2D eigenvalue weighted by atomic mass is 16.5. The van der Waals surface area contributed by atoms with E-state index in [2.05, 4.69) is 10.9 Å². The first-order chi connectivity index (χ1) is 9.31. The summed E-state index contributed by atoms with van der Waals surface area (Å²) < 4.78 is 5.37. The van der Waals surface area contributed by atoms with Gasteiger partial charge in [-0.1, -0.05) is 12.0 Å². The number of nitrogens with zero attached hydrogens (tertiary/aromatic N) is 2. The van der Waals surface area contributed by atoms with Crippen LogP contribution in [0.1, 0.15) is 23.3 Å². The molecule has 0 saturated carbocycles. The van der Waals surface area contributed by atoms with E-state index in [0.717, 1.165) is 25.9 Å². The Morgan fingerprint density at radius 1 is 1.58 bits per heavy atom. The van der Waals surface area contributed by atoms with Crippen molar-refractivity contribution in [2.45, 2.75) is 12.8 Å². The van der Waals surface area contributed by atoms with Gasteiger partial charge < -0.3 is 9.64 Å². The van der Waals surface area contributed by atoms with E-state index in [9.17, 15) is 4.79 Å². The van der Waals surface area contributed by atoms with Crippen molar-refractivity contribution in [2.75, 3.05) is 26.3 Å². The maximum Gasteiger partial charge on any atom is 0.272 e. The molecule has 4 nitrogen and oxygen atoms in total. The highest BCUT2D eigenvalue weighted by Gasteiger charge is 2.24. The molecule has 0 N–H and O–H groups in total. The molecule has 0 aromatic carbocycles. The normalized spacial score (nSPS) is 18.9. The van der Waals surface area contributed by atoms with Crippen LogP contribution in [0.15, 0.2) is 24.4 Å². The Bertz CT molecular complexity index is 453. The van der Waals surface area contributed by atoms with Gasteiger partial charge in [0, 0.05) is 25.2 Å². The van der Waals surface area contributed by atoms with Crippen LogP contribution in [0.4, 0.5) is 0 Å². The zero-order chi connectivity index (χ0) is 13.5. The number of rotatable bonds is 4. The molecule has 1 aliphatic heterocycles. The van der Waals surface area contributed by atoms with Gasteiger partial charge in [0.25, 0.3) is 5.91 Å². The van der Waals surface area contributed by atoms with Gasteiger partial charge in [0.2, 0.25) is 0 Å². The van der Waals surface area contributed by atoms with Crippen molar-refractivity contribution in [3.8, 4) is 12.3 Å². The summed E-state index contributed by atoms with van der Waals surface area (Å²) in [5.41, 5.74) is 0.507. The minimum atomic E-state index is 0.00208. The number of pyridine rings is 1. The van der Waals surface area contributed by atoms with Crippen LogP contribution in [-0.2, 0) is 4.74 Å². The third-order valence-electron chi connectivity index (χ3n) is 3.23. The van der Waals surface area contributed by atoms with E-state index in [1.165, 1.54) is 0 Å². The zero-order valence-electron chi connectivity index (χ0n) is 10.9. The second kappa shape index (κ2) is 6.91. The predicted molar refractivity (Wildman–Crippen MR) is 72.5 cm³/mol. The van der Waals surface area contributed by atoms with Gasteiger partial charge in [-0.2, -0.15) is 0 Å². The van der Waals surface area contributed by atoms with E-state index in [0.29, 0.717) is 24.8 Å². The first kappa shape index (κ1) is 13.6. The molecule has 1 fully saturated rings. The molecule has 2 heterocycles. The quantitative estimate of drug-likeness (QED) is 0.608. The van der Waals surface area contributed by atoms with Crippen molar-refractivity contribution in [3.05, 3.63) is 30.1 Å². The number of piperidine rings is 1. The van der Waals surface area contributed by atoms with Gasteiger partial charge in [0.05, 0.1) is 6.61 Å². The third-order valence-corrected chi connectivity index (χ3v) is 3.23. The van der Waals surface area contributed by atoms with Crippen LogP contribution < -0.4 is 0 Å².